The molecule has 0 radical (unpaired) electrons. The van der Waals surface area contributed by atoms with Gasteiger partial charge in [0.25, 0.3) is 0 Å². The number of aromatic nitrogens is 4. The Bertz CT molecular complexity index is 941. The highest BCUT2D eigenvalue weighted by Crippen LogP contribution is 2.26. The second-order valence-corrected chi connectivity index (χ2v) is 7.47. The van der Waals surface area contributed by atoms with Crippen LogP contribution in [-0.4, -0.2) is 32.5 Å². The Morgan fingerprint density at radius 3 is 2.85 bits per heavy atom. The van der Waals surface area contributed by atoms with Crippen LogP contribution in [0.15, 0.2) is 29.6 Å². The van der Waals surface area contributed by atoms with Crippen molar-refractivity contribution in [2.24, 2.45) is 4.99 Å². The molecule has 0 saturated carbocycles. The third-order valence-corrected chi connectivity index (χ3v) is 4.98. The van der Waals surface area contributed by atoms with Crippen LogP contribution in [0.25, 0.3) is 11.3 Å². The van der Waals surface area contributed by atoms with Gasteiger partial charge in [0.2, 0.25) is 0 Å². The van der Waals surface area contributed by atoms with Gasteiger partial charge < -0.3 is 16.8 Å². The summed E-state index contributed by atoms with van der Waals surface area (Å²) in [6.45, 7) is 7.43. The average molecular weight is 385 g/mol. The van der Waals surface area contributed by atoms with Crippen molar-refractivity contribution in [3.8, 4) is 11.3 Å². The first-order chi connectivity index (χ1) is 13.0. The molecule has 0 amide bonds. The largest absolute Gasteiger partial charge is 0.398 e. The maximum Gasteiger partial charge on any atom is 0.169 e. The van der Waals surface area contributed by atoms with E-state index in [0.29, 0.717) is 18.2 Å². The van der Waals surface area contributed by atoms with Gasteiger partial charge >= 0.3 is 0 Å². The molecule has 8 nitrogen and oxygen atoms in total. The summed E-state index contributed by atoms with van der Waals surface area (Å²) in [6, 6.07) is 2.22. The van der Waals surface area contributed by atoms with E-state index in [0.717, 1.165) is 33.2 Å². The molecule has 0 fully saturated rings. The van der Waals surface area contributed by atoms with E-state index in [4.69, 9.17) is 11.5 Å². The van der Waals surface area contributed by atoms with Crippen molar-refractivity contribution >= 4 is 34.9 Å². The second kappa shape index (κ2) is 8.17. The Kier molecular flexibility index (Phi) is 5.70. The van der Waals surface area contributed by atoms with Crippen molar-refractivity contribution in [3.05, 3.63) is 34.4 Å². The molecule has 3 heterocycles. The summed E-state index contributed by atoms with van der Waals surface area (Å²) < 4.78 is 1.88. The number of hydrogen-bond acceptors (Lipinski definition) is 8. The highest BCUT2D eigenvalue weighted by molar-refractivity contribution is 7.14. The van der Waals surface area contributed by atoms with Crippen LogP contribution in [0.1, 0.15) is 36.6 Å². The van der Waals surface area contributed by atoms with E-state index >= 15 is 0 Å². The van der Waals surface area contributed by atoms with E-state index in [9.17, 15) is 0 Å². The van der Waals surface area contributed by atoms with Gasteiger partial charge in [-0.05, 0) is 26.8 Å². The number of hydrogen-bond donors (Lipinski definition) is 3. The number of rotatable bonds is 7. The molecule has 5 N–H and O–H groups in total. The first kappa shape index (κ1) is 18.8. The number of nitrogens with two attached hydrogens (primary N) is 2. The number of anilines is 3. The third-order valence-electron chi connectivity index (χ3n) is 3.89. The topological polar surface area (TPSA) is 120 Å². The molecule has 3 rings (SSSR count). The molecule has 3 aromatic rings. The minimum absolute atomic E-state index is 0.285. The molecule has 0 aliphatic heterocycles. The Balaban J connectivity index is 1.76. The van der Waals surface area contributed by atoms with E-state index < -0.39 is 0 Å². The zero-order valence-electron chi connectivity index (χ0n) is 15.7. The SMILES string of the molecule is CCN=Cc1sc(CNc2nc(-c3cnn(C(C)C)c3)cnc2N)cc1N. The summed E-state index contributed by atoms with van der Waals surface area (Å²) in [5, 5.41) is 7.60. The minimum atomic E-state index is 0.285. The lowest BCUT2D eigenvalue weighted by Gasteiger charge is -2.08. The molecule has 3 aromatic heterocycles. The molecule has 0 aromatic carbocycles. The van der Waals surface area contributed by atoms with E-state index in [-0.39, 0.29) is 6.04 Å². The van der Waals surface area contributed by atoms with Crippen molar-refractivity contribution < 1.29 is 0 Å². The highest BCUT2D eigenvalue weighted by Gasteiger charge is 2.11. The summed E-state index contributed by atoms with van der Waals surface area (Å²) in [4.78, 5) is 15.1. The lowest BCUT2D eigenvalue weighted by molar-refractivity contribution is 0.532. The van der Waals surface area contributed by atoms with Gasteiger partial charge in [-0.1, -0.05) is 0 Å². The fourth-order valence-corrected chi connectivity index (χ4v) is 3.34. The van der Waals surface area contributed by atoms with Crippen LogP contribution in [0.4, 0.5) is 17.3 Å². The van der Waals surface area contributed by atoms with Crippen LogP contribution in [0.3, 0.4) is 0 Å². The van der Waals surface area contributed by atoms with Crippen molar-refractivity contribution in [3.63, 3.8) is 0 Å². The summed E-state index contributed by atoms with van der Waals surface area (Å²) in [7, 11) is 0. The lowest BCUT2D eigenvalue weighted by Crippen LogP contribution is -2.06. The molecule has 0 aliphatic carbocycles. The zero-order chi connectivity index (χ0) is 19.4. The molecule has 9 heteroatoms. The molecule has 0 bridgehead atoms. The minimum Gasteiger partial charge on any atom is -0.398 e. The van der Waals surface area contributed by atoms with E-state index in [1.54, 1.807) is 23.7 Å². The standard InChI is InChI=1S/C18H24N8S/c1-4-21-9-16-14(19)5-13(27-16)7-23-18-17(20)22-8-15(25-18)12-6-24-26(10-12)11(2)3/h5-6,8-11H,4,7,19H2,1-3H3,(H2,20,22)(H,23,25). The Hall–Kier alpha value is -2.94. The Labute approximate surface area is 162 Å². The summed E-state index contributed by atoms with van der Waals surface area (Å²) >= 11 is 1.59. The van der Waals surface area contributed by atoms with Crippen LogP contribution in [-0.2, 0) is 6.54 Å². The van der Waals surface area contributed by atoms with Crippen LogP contribution < -0.4 is 16.8 Å². The third kappa shape index (κ3) is 4.43. The first-order valence-electron chi connectivity index (χ1n) is 8.76. The van der Waals surface area contributed by atoms with Crippen LogP contribution in [0, 0.1) is 0 Å². The van der Waals surface area contributed by atoms with Gasteiger partial charge in [-0.2, -0.15) is 5.10 Å². The smallest absolute Gasteiger partial charge is 0.169 e. The highest BCUT2D eigenvalue weighted by atomic mass is 32.1. The summed E-state index contributed by atoms with van der Waals surface area (Å²) in [5.41, 5.74) is 14.4. The monoisotopic (exact) mass is 384 g/mol. The number of aliphatic imine (C=N–C) groups is 1. The molecule has 142 valence electrons. The summed E-state index contributed by atoms with van der Waals surface area (Å²) in [6.07, 6.45) is 7.20. The van der Waals surface area contributed by atoms with E-state index in [2.05, 4.69) is 39.2 Å². The molecule has 0 atom stereocenters. The number of thiophene rings is 1. The zero-order valence-corrected chi connectivity index (χ0v) is 16.5. The van der Waals surface area contributed by atoms with E-state index in [1.165, 1.54) is 0 Å². The maximum absolute atomic E-state index is 6.04. The van der Waals surface area contributed by atoms with Crippen LogP contribution in [0.2, 0.25) is 0 Å². The molecular weight excluding hydrogens is 360 g/mol. The molecule has 0 aliphatic rings. The predicted molar refractivity (Wildman–Crippen MR) is 112 cm³/mol. The number of nitrogens with one attached hydrogen (secondary N) is 1. The van der Waals surface area contributed by atoms with Gasteiger partial charge in [-0.15, -0.1) is 11.3 Å². The van der Waals surface area contributed by atoms with Gasteiger partial charge in [0.05, 0.1) is 35.2 Å². The van der Waals surface area contributed by atoms with Crippen molar-refractivity contribution in [2.75, 3.05) is 23.3 Å². The molecule has 0 unspecified atom stereocenters. The molecule has 0 saturated heterocycles. The Morgan fingerprint density at radius 2 is 2.15 bits per heavy atom. The predicted octanol–water partition coefficient (Wildman–Crippen LogP) is 3.20. The van der Waals surface area contributed by atoms with Crippen LogP contribution in [0.5, 0.6) is 0 Å². The normalized spacial score (nSPS) is 11.6. The maximum atomic E-state index is 6.04. The Morgan fingerprint density at radius 1 is 1.33 bits per heavy atom. The molecule has 27 heavy (non-hydrogen) atoms. The van der Waals surface area contributed by atoms with Gasteiger partial charge in [-0.3, -0.25) is 9.67 Å². The number of nitrogens with zero attached hydrogens (tertiary/aromatic N) is 5. The average Bonchev–Trinajstić information content (AvgIpc) is 3.26. The number of nitrogen functional groups attached to an aromatic ring is 2. The molecular formula is C18H24N8S. The fraction of sp³-hybridized carbons (Fsp3) is 0.333. The van der Waals surface area contributed by atoms with Crippen LogP contribution >= 0.6 is 11.3 Å². The second-order valence-electron chi connectivity index (χ2n) is 6.31. The van der Waals surface area contributed by atoms with Gasteiger partial charge in [0, 0.05) is 35.4 Å². The van der Waals surface area contributed by atoms with Crippen molar-refractivity contribution in [1.29, 1.82) is 0 Å². The van der Waals surface area contributed by atoms with Gasteiger partial charge in [0.15, 0.2) is 11.6 Å². The van der Waals surface area contributed by atoms with Crippen molar-refractivity contribution in [2.45, 2.75) is 33.4 Å². The first-order valence-corrected chi connectivity index (χ1v) is 9.58. The van der Waals surface area contributed by atoms with Gasteiger partial charge in [0.1, 0.15) is 0 Å². The quantitative estimate of drug-likeness (QED) is 0.538. The molecule has 0 spiro atoms. The van der Waals surface area contributed by atoms with E-state index in [1.807, 2.05) is 30.1 Å². The lowest BCUT2D eigenvalue weighted by atomic mass is 10.2. The van der Waals surface area contributed by atoms with Crippen molar-refractivity contribution in [1.82, 2.24) is 19.7 Å². The van der Waals surface area contributed by atoms with Gasteiger partial charge in [-0.25, -0.2) is 9.97 Å². The fourth-order valence-electron chi connectivity index (χ4n) is 2.43. The summed E-state index contributed by atoms with van der Waals surface area (Å²) in [5.74, 6) is 0.896.